The van der Waals surface area contributed by atoms with E-state index in [0.29, 0.717) is 12.4 Å². The van der Waals surface area contributed by atoms with Crippen LogP contribution in [0.5, 0.6) is 5.88 Å². The number of amides is 1. The highest BCUT2D eigenvalue weighted by molar-refractivity contribution is 5.92. The third-order valence-electron chi connectivity index (χ3n) is 3.30. The molecular formula is C17H18N4O2. The Labute approximate surface area is 133 Å². The molecule has 6 heteroatoms. The topological polar surface area (TPSA) is 79.9 Å². The monoisotopic (exact) mass is 310 g/mol. The highest BCUT2D eigenvalue weighted by Gasteiger charge is 2.09. The van der Waals surface area contributed by atoms with Crippen molar-refractivity contribution in [3.05, 3.63) is 53.9 Å². The van der Waals surface area contributed by atoms with Crippen LogP contribution in [-0.2, 0) is 6.54 Å². The van der Waals surface area contributed by atoms with Crippen molar-refractivity contribution in [3.8, 4) is 5.88 Å². The molecule has 1 amide bonds. The molecule has 1 aromatic carbocycles. The first-order chi connectivity index (χ1) is 11.1. The standard InChI is InChI=1S/C17H18N4O2/c1-11(2)23-16-6-5-14(20-21-16)17(22)19-10-12-3-4-13-7-8-18-15(13)9-12/h3-9,11,18H,10H2,1-2H3,(H,19,22). The zero-order chi connectivity index (χ0) is 16.2. The van der Waals surface area contributed by atoms with Crippen LogP contribution in [0.4, 0.5) is 0 Å². The minimum Gasteiger partial charge on any atom is -0.474 e. The summed E-state index contributed by atoms with van der Waals surface area (Å²) in [7, 11) is 0. The predicted octanol–water partition coefficient (Wildman–Crippen LogP) is 2.68. The van der Waals surface area contributed by atoms with E-state index in [4.69, 9.17) is 4.74 Å². The normalized spacial score (nSPS) is 10.9. The lowest BCUT2D eigenvalue weighted by Crippen LogP contribution is -2.24. The van der Waals surface area contributed by atoms with Gasteiger partial charge in [0.2, 0.25) is 5.88 Å². The largest absolute Gasteiger partial charge is 0.474 e. The van der Waals surface area contributed by atoms with Gasteiger partial charge >= 0.3 is 0 Å². The molecule has 3 rings (SSSR count). The Morgan fingerprint density at radius 1 is 1.22 bits per heavy atom. The van der Waals surface area contributed by atoms with E-state index in [2.05, 4.69) is 20.5 Å². The number of hydrogen-bond acceptors (Lipinski definition) is 4. The van der Waals surface area contributed by atoms with E-state index in [1.165, 1.54) is 0 Å². The molecular weight excluding hydrogens is 292 g/mol. The lowest BCUT2D eigenvalue weighted by Gasteiger charge is -2.08. The van der Waals surface area contributed by atoms with Gasteiger partial charge in [-0.3, -0.25) is 4.79 Å². The zero-order valence-electron chi connectivity index (χ0n) is 13.0. The Hall–Kier alpha value is -2.89. The summed E-state index contributed by atoms with van der Waals surface area (Å²) >= 11 is 0. The van der Waals surface area contributed by atoms with Gasteiger partial charge in [-0.2, -0.15) is 0 Å². The molecule has 0 atom stereocenters. The summed E-state index contributed by atoms with van der Waals surface area (Å²) in [6.07, 6.45) is 1.91. The minimum absolute atomic E-state index is 0.0203. The molecule has 118 valence electrons. The third kappa shape index (κ3) is 3.66. The van der Waals surface area contributed by atoms with Gasteiger partial charge in [0.1, 0.15) is 0 Å². The fourth-order valence-corrected chi connectivity index (χ4v) is 2.22. The number of fused-ring (bicyclic) bond motifs is 1. The molecule has 0 saturated heterocycles. The minimum atomic E-state index is -0.264. The van der Waals surface area contributed by atoms with E-state index in [-0.39, 0.29) is 17.7 Å². The van der Waals surface area contributed by atoms with E-state index in [0.717, 1.165) is 16.5 Å². The van der Waals surface area contributed by atoms with E-state index >= 15 is 0 Å². The summed E-state index contributed by atoms with van der Waals surface area (Å²) in [4.78, 5) is 15.3. The first-order valence-electron chi connectivity index (χ1n) is 7.46. The Bertz CT molecular complexity index is 809. The fourth-order valence-electron chi connectivity index (χ4n) is 2.22. The van der Waals surface area contributed by atoms with Crippen molar-refractivity contribution in [1.29, 1.82) is 0 Å². The maximum Gasteiger partial charge on any atom is 0.272 e. The molecule has 2 aromatic heterocycles. The highest BCUT2D eigenvalue weighted by atomic mass is 16.5. The SMILES string of the molecule is CC(C)Oc1ccc(C(=O)NCc2ccc3cc[nH]c3c2)nn1. The van der Waals surface area contributed by atoms with Crippen LogP contribution in [0.2, 0.25) is 0 Å². The summed E-state index contributed by atoms with van der Waals surface area (Å²) < 4.78 is 5.40. The molecule has 0 saturated carbocycles. The number of H-pyrrole nitrogens is 1. The lowest BCUT2D eigenvalue weighted by molar-refractivity contribution is 0.0944. The van der Waals surface area contributed by atoms with Gasteiger partial charge in [-0.05, 0) is 43.0 Å². The molecule has 0 spiro atoms. The van der Waals surface area contributed by atoms with Crippen molar-refractivity contribution >= 4 is 16.8 Å². The van der Waals surface area contributed by atoms with Crippen molar-refractivity contribution in [2.75, 3.05) is 0 Å². The number of hydrogen-bond donors (Lipinski definition) is 2. The van der Waals surface area contributed by atoms with Crippen molar-refractivity contribution in [2.45, 2.75) is 26.5 Å². The molecule has 0 radical (unpaired) electrons. The second-order valence-electron chi connectivity index (χ2n) is 5.51. The molecule has 0 fully saturated rings. The van der Waals surface area contributed by atoms with Crippen molar-refractivity contribution in [1.82, 2.24) is 20.5 Å². The van der Waals surface area contributed by atoms with Crippen LogP contribution in [0.1, 0.15) is 29.9 Å². The molecule has 0 aliphatic carbocycles. The maximum atomic E-state index is 12.1. The summed E-state index contributed by atoms with van der Waals surface area (Å²) in [5.74, 6) is 0.147. The smallest absolute Gasteiger partial charge is 0.272 e. The number of rotatable bonds is 5. The first kappa shape index (κ1) is 15.0. The number of nitrogens with zero attached hydrogens (tertiary/aromatic N) is 2. The Kier molecular flexibility index (Phi) is 4.23. The number of aromatic amines is 1. The maximum absolute atomic E-state index is 12.1. The molecule has 6 nitrogen and oxygen atoms in total. The Morgan fingerprint density at radius 3 is 2.83 bits per heavy atom. The molecule has 2 heterocycles. The van der Waals surface area contributed by atoms with Crippen molar-refractivity contribution in [2.24, 2.45) is 0 Å². The van der Waals surface area contributed by atoms with Crippen LogP contribution < -0.4 is 10.1 Å². The molecule has 0 aliphatic rings. The van der Waals surface area contributed by atoms with Gasteiger partial charge in [0.15, 0.2) is 5.69 Å². The molecule has 3 aromatic rings. The second kappa shape index (κ2) is 6.48. The Morgan fingerprint density at radius 2 is 2.09 bits per heavy atom. The van der Waals surface area contributed by atoms with Gasteiger partial charge in [0.05, 0.1) is 6.10 Å². The number of benzene rings is 1. The molecule has 0 unspecified atom stereocenters. The summed E-state index contributed by atoms with van der Waals surface area (Å²) in [6, 6.07) is 11.3. The number of nitrogens with one attached hydrogen (secondary N) is 2. The molecule has 23 heavy (non-hydrogen) atoms. The van der Waals surface area contributed by atoms with Gasteiger partial charge in [-0.25, -0.2) is 0 Å². The predicted molar refractivity (Wildman–Crippen MR) is 87.3 cm³/mol. The molecule has 0 aliphatic heterocycles. The van der Waals surface area contributed by atoms with Gasteiger partial charge in [-0.15, -0.1) is 10.2 Å². The fraction of sp³-hybridized carbons (Fsp3) is 0.235. The van der Waals surface area contributed by atoms with Gasteiger partial charge in [0.25, 0.3) is 5.91 Å². The quantitative estimate of drug-likeness (QED) is 0.759. The summed E-state index contributed by atoms with van der Waals surface area (Å²) in [5.41, 5.74) is 2.33. The number of carbonyl (C=O) groups excluding carboxylic acids is 1. The average Bonchev–Trinajstić information content (AvgIpc) is 3.00. The van der Waals surface area contributed by atoms with E-state index in [1.807, 2.05) is 44.3 Å². The first-order valence-corrected chi connectivity index (χ1v) is 7.46. The lowest BCUT2D eigenvalue weighted by atomic mass is 10.1. The van der Waals surface area contributed by atoms with Crippen LogP contribution in [0.25, 0.3) is 10.9 Å². The van der Waals surface area contributed by atoms with Gasteiger partial charge in [-0.1, -0.05) is 12.1 Å². The number of ether oxygens (including phenoxy) is 1. The van der Waals surface area contributed by atoms with E-state index in [9.17, 15) is 4.79 Å². The summed E-state index contributed by atoms with van der Waals surface area (Å²) in [6.45, 7) is 4.24. The van der Waals surface area contributed by atoms with Crippen LogP contribution >= 0.6 is 0 Å². The van der Waals surface area contributed by atoms with Crippen LogP contribution in [0.15, 0.2) is 42.6 Å². The second-order valence-corrected chi connectivity index (χ2v) is 5.51. The number of carbonyl (C=O) groups is 1. The molecule has 2 N–H and O–H groups in total. The van der Waals surface area contributed by atoms with Crippen LogP contribution in [0, 0.1) is 0 Å². The average molecular weight is 310 g/mol. The summed E-state index contributed by atoms with van der Waals surface area (Å²) in [5, 5.41) is 11.8. The van der Waals surface area contributed by atoms with Crippen LogP contribution in [0.3, 0.4) is 0 Å². The highest BCUT2D eigenvalue weighted by Crippen LogP contribution is 2.14. The van der Waals surface area contributed by atoms with Crippen molar-refractivity contribution < 1.29 is 9.53 Å². The van der Waals surface area contributed by atoms with Crippen LogP contribution in [-0.4, -0.2) is 27.2 Å². The Balaban J connectivity index is 1.62. The zero-order valence-corrected chi connectivity index (χ0v) is 13.0. The molecule has 0 bridgehead atoms. The van der Waals surface area contributed by atoms with Gasteiger partial charge in [0, 0.05) is 24.3 Å². The van der Waals surface area contributed by atoms with E-state index in [1.54, 1.807) is 12.1 Å². The third-order valence-corrected chi connectivity index (χ3v) is 3.30. The van der Waals surface area contributed by atoms with Crippen molar-refractivity contribution in [3.63, 3.8) is 0 Å². The van der Waals surface area contributed by atoms with E-state index < -0.39 is 0 Å². The number of aromatic nitrogens is 3. The van der Waals surface area contributed by atoms with Gasteiger partial charge < -0.3 is 15.0 Å².